The fourth-order valence-electron chi connectivity index (χ4n) is 2.06. The average Bonchev–Trinajstić information content (AvgIpc) is 2.41. The maximum atomic E-state index is 11.5. The van der Waals surface area contributed by atoms with Crippen LogP contribution in [0, 0.1) is 6.92 Å². The summed E-state index contributed by atoms with van der Waals surface area (Å²) in [6.07, 6.45) is 3.25. The molecular formula is C13H16O2. The Hall–Kier alpha value is -1.31. The smallest absolute Gasteiger partial charge is 0.163 e. The average molecular weight is 204 g/mol. The van der Waals surface area contributed by atoms with Crippen LogP contribution in [0.5, 0.6) is 5.75 Å². The highest BCUT2D eigenvalue weighted by atomic mass is 16.5. The minimum Gasteiger partial charge on any atom is -0.493 e. The van der Waals surface area contributed by atoms with Gasteiger partial charge in [0.1, 0.15) is 5.75 Å². The molecule has 0 aromatic heterocycles. The van der Waals surface area contributed by atoms with Crippen LogP contribution >= 0.6 is 0 Å². The fourth-order valence-corrected chi connectivity index (χ4v) is 2.06. The van der Waals surface area contributed by atoms with Crippen molar-refractivity contribution in [2.24, 2.45) is 0 Å². The van der Waals surface area contributed by atoms with Gasteiger partial charge in [-0.25, -0.2) is 0 Å². The number of ether oxygens (including phenoxy) is 1. The minimum atomic E-state index is 0.0943. The highest BCUT2D eigenvalue weighted by molar-refractivity contribution is 5.97. The molecule has 1 aliphatic rings. The van der Waals surface area contributed by atoms with Crippen LogP contribution in [0.15, 0.2) is 12.1 Å². The molecule has 15 heavy (non-hydrogen) atoms. The number of Topliss-reactive ketones (excluding diaryl/α,β-unsaturated/α-hetero) is 1. The number of hydrogen-bond acceptors (Lipinski definition) is 2. The van der Waals surface area contributed by atoms with Crippen molar-refractivity contribution in [3.8, 4) is 5.75 Å². The third-order valence-electron chi connectivity index (χ3n) is 2.78. The van der Waals surface area contributed by atoms with E-state index in [1.807, 2.05) is 13.0 Å². The molecule has 0 unspecified atom stereocenters. The van der Waals surface area contributed by atoms with Crippen molar-refractivity contribution < 1.29 is 9.53 Å². The Morgan fingerprint density at radius 1 is 1.33 bits per heavy atom. The molecule has 0 amide bonds. The molecule has 0 fully saturated rings. The first-order valence-corrected chi connectivity index (χ1v) is 5.46. The largest absolute Gasteiger partial charge is 0.493 e. The molecule has 0 aliphatic carbocycles. The number of fused-ring (bicyclic) bond motifs is 1. The first kappa shape index (κ1) is 10.2. The van der Waals surface area contributed by atoms with Crippen LogP contribution in [0.1, 0.15) is 41.3 Å². The second kappa shape index (κ2) is 4.05. The van der Waals surface area contributed by atoms with Crippen LogP contribution in [-0.2, 0) is 6.42 Å². The van der Waals surface area contributed by atoms with Crippen molar-refractivity contribution in [2.45, 2.75) is 33.1 Å². The van der Waals surface area contributed by atoms with Gasteiger partial charge in [0, 0.05) is 0 Å². The van der Waals surface area contributed by atoms with Gasteiger partial charge in [0.05, 0.1) is 12.2 Å². The highest BCUT2D eigenvalue weighted by Crippen LogP contribution is 2.30. The molecule has 0 saturated heterocycles. The van der Waals surface area contributed by atoms with Crippen LogP contribution in [0.25, 0.3) is 0 Å². The molecule has 1 heterocycles. The molecule has 0 saturated carbocycles. The quantitative estimate of drug-likeness (QED) is 0.657. The molecule has 0 spiro atoms. The first-order valence-electron chi connectivity index (χ1n) is 5.46. The second-order valence-corrected chi connectivity index (χ2v) is 4.16. The van der Waals surface area contributed by atoms with E-state index in [4.69, 9.17) is 4.74 Å². The number of benzene rings is 1. The number of rotatable bonds is 1. The third kappa shape index (κ3) is 2.04. The van der Waals surface area contributed by atoms with E-state index in [1.165, 1.54) is 5.56 Å². The van der Waals surface area contributed by atoms with Crippen LogP contribution in [0.3, 0.4) is 0 Å². The lowest BCUT2D eigenvalue weighted by Crippen LogP contribution is -2.03. The van der Waals surface area contributed by atoms with Crippen molar-refractivity contribution in [3.63, 3.8) is 0 Å². The summed E-state index contributed by atoms with van der Waals surface area (Å²) in [6, 6.07) is 4.06. The van der Waals surface area contributed by atoms with E-state index in [1.54, 1.807) is 6.92 Å². The fraction of sp³-hybridized carbons (Fsp3) is 0.462. The molecule has 2 heteroatoms. The van der Waals surface area contributed by atoms with Gasteiger partial charge in [-0.15, -0.1) is 0 Å². The summed E-state index contributed by atoms with van der Waals surface area (Å²) in [5.41, 5.74) is 3.08. The highest BCUT2D eigenvalue weighted by Gasteiger charge is 2.16. The monoisotopic (exact) mass is 204 g/mol. The van der Waals surface area contributed by atoms with Crippen molar-refractivity contribution in [2.75, 3.05) is 6.61 Å². The summed E-state index contributed by atoms with van der Waals surface area (Å²) >= 11 is 0. The first-order chi connectivity index (χ1) is 7.18. The van der Waals surface area contributed by atoms with E-state index >= 15 is 0 Å². The van der Waals surface area contributed by atoms with Crippen molar-refractivity contribution in [1.29, 1.82) is 0 Å². The Morgan fingerprint density at radius 3 is 2.87 bits per heavy atom. The molecule has 1 aliphatic heterocycles. The molecular weight excluding hydrogens is 188 g/mol. The van der Waals surface area contributed by atoms with Gasteiger partial charge >= 0.3 is 0 Å². The molecule has 0 N–H and O–H groups in total. The van der Waals surface area contributed by atoms with Crippen molar-refractivity contribution in [1.82, 2.24) is 0 Å². The molecule has 2 nitrogen and oxygen atoms in total. The summed E-state index contributed by atoms with van der Waals surface area (Å²) in [6.45, 7) is 4.36. The van der Waals surface area contributed by atoms with E-state index in [2.05, 4.69) is 6.07 Å². The Kier molecular flexibility index (Phi) is 2.76. The maximum absolute atomic E-state index is 11.5. The van der Waals surface area contributed by atoms with Gasteiger partial charge in [0.15, 0.2) is 5.78 Å². The van der Waals surface area contributed by atoms with Gasteiger partial charge < -0.3 is 4.74 Å². The SMILES string of the molecule is CC(=O)c1cc(C)cc2c1OCCCC2. The van der Waals surface area contributed by atoms with Gasteiger partial charge in [0.25, 0.3) is 0 Å². The Labute approximate surface area is 90.3 Å². The van der Waals surface area contributed by atoms with E-state index < -0.39 is 0 Å². The lowest BCUT2D eigenvalue weighted by Gasteiger charge is -2.12. The number of hydrogen-bond donors (Lipinski definition) is 0. The van der Waals surface area contributed by atoms with Gasteiger partial charge in [-0.05, 0) is 50.3 Å². The van der Waals surface area contributed by atoms with E-state index in [-0.39, 0.29) is 5.78 Å². The predicted octanol–water partition coefficient (Wildman–Crippen LogP) is 2.91. The van der Waals surface area contributed by atoms with E-state index in [0.29, 0.717) is 0 Å². The zero-order valence-corrected chi connectivity index (χ0v) is 9.30. The molecule has 0 radical (unpaired) electrons. The summed E-state index contributed by atoms with van der Waals surface area (Å²) in [4.78, 5) is 11.5. The summed E-state index contributed by atoms with van der Waals surface area (Å²) in [5, 5.41) is 0. The van der Waals surface area contributed by atoms with Crippen LogP contribution in [0.4, 0.5) is 0 Å². The normalized spacial score (nSPS) is 15.1. The minimum absolute atomic E-state index is 0.0943. The van der Waals surface area contributed by atoms with Gasteiger partial charge in [-0.3, -0.25) is 4.79 Å². The maximum Gasteiger partial charge on any atom is 0.163 e. The summed E-state index contributed by atoms with van der Waals surface area (Å²) in [5.74, 6) is 0.919. The van der Waals surface area contributed by atoms with Crippen molar-refractivity contribution >= 4 is 5.78 Å². The summed E-state index contributed by atoms with van der Waals surface area (Å²) in [7, 11) is 0. The molecule has 0 atom stereocenters. The Balaban J connectivity index is 2.54. The van der Waals surface area contributed by atoms with E-state index in [0.717, 1.165) is 42.7 Å². The van der Waals surface area contributed by atoms with Crippen LogP contribution in [-0.4, -0.2) is 12.4 Å². The molecule has 1 aromatic rings. The third-order valence-corrected chi connectivity index (χ3v) is 2.78. The molecule has 80 valence electrons. The standard InChI is InChI=1S/C13H16O2/c1-9-7-11-5-3-4-6-15-13(11)12(8-9)10(2)14/h7-8H,3-6H2,1-2H3. The van der Waals surface area contributed by atoms with Gasteiger partial charge in [-0.2, -0.15) is 0 Å². The number of ketones is 1. The topological polar surface area (TPSA) is 26.3 Å². The Bertz CT molecular complexity index is 394. The Morgan fingerprint density at radius 2 is 2.13 bits per heavy atom. The summed E-state index contributed by atoms with van der Waals surface area (Å²) < 4.78 is 5.68. The van der Waals surface area contributed by atoms with Crippen LogP contribution in [0.2, 0.25) is 0 Å². The van der Waals surface area contributed by atoms with Gasteiger partial charge in [0.2, 0.25) is 0 Å². The molecule has 1 aromatic carbocycles. The number of carbonyl (C=O) groups excluding carboxylic acids is 1. The van der Waals surface area contributed by atoms with Gasteiger partial charge in [-0.1, -0.05) is 6.07 Å². The van der Waals surface area contributed by atoms with E-state index in [9.17, 15) is 4.79 Å². The zero-order chi connectivity index (χ0) is 10.8. The van der Waals surface area contributed by atoms with Crippen LogP contribution < -0.4 is 4.74 Å². The second-order valence-electron chi connectivity index (χ2n) is 4.16. The predicted molar refractivity (Wildman–Crippen MR) is 59.6 cm³/mol. The van der Waals surface area contributed by atoms with Crippen molar-refractivity contribution in [3.05, 3.63) is 28.8 Å². The number of carbonyl (C=O) groups is 1. The lowest BCUT2D eigenvalue weighted by atomic mass is 9.99. The molecule has 0 bridgehead atoms. The molecule has 2 rings (SSSR count). The lowest BCUT2D eigenvalue weighted by molar-refractivity contribution is 0.101. The number of aryl methyl sites for hydroxylation is 2. The zero-order valence-electron chi connectivity index (χ0n) is 9.30.